The summed E-state index contributed by atoms with van der Waals surface area (Å²) in [5.41, 5.74) is 0. The molecular weight excluding hydrogens is 602 g/mol. The van der Waals surface area contributed by atoms with Gasteiger partial charge in [0, 0.05) is 13.2 Å². The van der Waals surface area contributed by atoms with E-state index in [-0.39, 0.29) is 12.7 Å². The molecule has 0 bridgehead atoms. The molecule has 1 atom stereocenters. The van der Waals surface area contributed by atoms with Crippen LogP contribution < -0.4 is 0 Å². The van der Waals surface area contributed by atoms with Crippen LogP contribution >= 0.6 is 0 Å². The van der Waals surface area contributed by atoms with Crippen LogP contribution in [0.5, 0.6) is 0 Å². The Labute approximate surface area is 298 Å². The van der Waals surface area contributed by atoms with Crippen molar-refractivity contribution in [3.8, 4) is 0 Å². The van der Waals surface area contributed by atoms with Gasteiger partial charge < -0.3 is 33.3 Å². The quantitative estimate of drug-likeness (QED) is 0.0394. The van der Waals surface area contributed by atoms with Crippen LogP contribution in [0, 0.1) is 0 Å². The van der Waals surface area contributed by atoms with Crippen molar-refractivity contribution in [2.75, 3.05) is 93.3 Å². The first-order chi connectivity index (χ1) is 23.6. The number of aliphatic hydroxyl groups excluding tert-OH is 1. The molecule has 0 aromatic rings. The average molecular weight is 685 g/mol. The minimum Gasteiger partial charge on any atom is -0.394 e. The number of quaternary nitrogens is 1. The number of rotatable bonds is 40. The van der Waals surface area contributed by atoms with E-state index in [9.17, 15) is 0 Å². The molecule has 0 fully saturated rings. The zero-order chi connectivity index (χ0) is 35.1. The summed E-state index contributed by atoms with van der Waals surface area (Å²) in [5.74, 6) is 0. The topological polar surface area (TPSA) is 66.4 Å². The van der Waals surface area contributed by atoms with Crippen LogP contribution in [0.4, 0.5) is 0 Å². The van der Waals surface area contributed by atoms with Gasteiger partial charge in [-0.05, 0) is 51.4 Å². The van der Waals surface area contributed by atoms with Gasteiger partial charge in [0.15, 0.2) is 0 Å². The van der Waals surface area contributed by atoms with Crippen LogP contribution in [-0.2, 0) is 23.7 Å². The van der Waals surface area contributed by atoms with Crippen molar-refractivity contribution in [3.05, 3.63) is 24.3 Å². The van der Waals surface area contributed by atoms with E-state index in [1.807, 2.05) is 0 Å². The predicted octanol–water partition coefficient (Wildman–Crippen LogP) is 9.46. The van der Waals surface area contributed by atoms with Gasteiger partial charge >= 0.3 is 0 Å². The van der Waals surface area contributed by atoms with Gasteiger partial charge in [-0.15, -0.1) is 0 Å². The first-order valence-electron chi connectivity index (χ1n) is 20.2. The van der Waals surface area contributed by atoms with E-state index in [4.69, 9.17) is 28.8 Å². The Hall–Kier alpha value is -0.800. The Balaban J connectivity index is 4.22. The van der Waals surface area contributed by atoms with Crippen molar-refractivity contribution in [1.82, 2.24) is 0 Å². The van der Waals surface area contributed by atoms with Gasteiger partial charge in [-0.25, -0.2) is 0 Å². The monoisotopic (exact) mass is 685 g/mol. The summed E-state index contributed by atoms with van der Waals surface area (Å²) in [6.45, 7) is 11.8. The van der Waals surface area contributed by atoms with Gasteiger partial charge in [-0.3, -0.25) is 0 Å². The van der Waals surface area contributed by atoms with Crippen molar-refractivity contribution in [1.29, 1.82) is 0 Å². The maximum absolute atomic E-state index is 8.74. The minimum atomic E-state index is 0.0469. The van der Waals surface area contributed by atoms with Gasteiger partial charge in [0.05, 0.1) is 67.0 Å². The number of ether oxygens (including phenoxy) is 5. The van der Waals surface area contributed by atoms with E-state index in [1.54, 1.807) is 0 Å². The Morgan fingerprint density at radius 3 is 1.42 bits per heavy atom. The molecule has 0 aliphatic rings. The molecule has 0 aliphatic carbocycles. The van der Waals surface area contributed by atoms with Crippen molar-refractivity contribution in [2.24, 2.45) is 0 Å². The van der Waals surface area contributed by atoms with Crippen molar-refractivity contribution < 1.29 is 33.3 Å². The lowest BCUT2D eigenvalue weighted by molar-refractivity contribution is -0.894. The lowest BCUT2D eigenvalue weighted by Gasteiger charge is -2.33. The van der Waals surface area contributed by atoms with Crippen molar-refractivity contribution >= 4 is 0 Å². The lowest BCUT2D eigenvalue weighted by Crippen LogP contribution is -2.49. The second-order valence-corrected chi connectivity index (χ2v) is 14.0. The average Bonchev–Trinajstić information content (AvgIpc) is 3.07. The Morgan fingerprint density at radius 2 is 0.917 bits per heavy atom. The van der Waals surface area contributed by atoms with E-state index < -0.39 is 0 Å². The van der Waals surface area contributed by atoms with Gasteiger partial charge in [0.1, 0.15) is 19.2 Å². The van der Waals surface area contributed by atoms with Gasteiger partial charge in [0.2, 0.25) is 0 Å². The SMILES string of the molecule is CC/C=C\CCCCCCCCCCOCC(C[N+](C)(C)CCOCCOCCOCCO)OCCCCCCCCCC/C=C\CC. The van der Waals surface area contributed by atoms with E-state index >= 15 is 0 Å². The maximum Gasteiger partial charge on any atom is 0.130 e. The van der Waals surface area contributed by atoms with Gasteiger partial charge in [-0.2, -0.15) is 0 Å². The summed E-state index contributed by atoms with van der Waals surface area (Å²) in [5, 5.41) is 8.74. The smallest absolute Gasteiger partial charge is 0.130 e. The molecule has 0 saturated heterocycles. The van der Waals surface area contributed by atoms with Crippen LogP contribution in [0.25, 0.3) is 0 Å². The van der Waals surface area contributed by atoms with Crippen LogP contribution in [0.2, 0.25) is 0 Å². The summed E-state index contributed by atoms with van der Waals surface area (Å²) in [6, 6.07) is 0. The third kappa shape index (κ3) is 38.0. The fraction of sp³-hybridized carbons (Fsp3) is 0.902. The summed E-state index contributed by atoms with van der Waals surface area (Å²) >= 11 is 0. The number of likely N-dealkylation sites (N-methyl/N-ethyl adjacent to an activating group) is 1. The Bertz CT molecular complexity index is 671. The summed E-state index contributed by atoms with van der Waals surface area (Å²) in [6.07, 6.45) is 35.2. The van der Waals surface area contributed by atoms with E-state index in [0.29, 0.717) is 46.2 Å². The zero-order valence-corrected chi connectivity index (χ0v) is 32.4. The summed E-state index contributed by atoms with van der Waals surface area (Å²) < 4.78 is 30.1. The van der Waals surface area contributed by atoms with Crippen LogP contribution in [0.3, 0.4) is 0 Å². The molecule has 7 heteroatoms. The molecule has 0 rings (SSSR count). The van der Waals surface area contributed by atoms with Gasteiger partial charge in [0.25, 0.3) is 0 Å². The zero-order valence-electron chi connectivity index (χ0n) is 32.4. The van der Waals surface area contributed by atoms with Crippen molar-refractivity contribution in [2.45, 2.75) is 148 Å². The Kier molecular flexibility index (Phi) is 38.3. The summed E-state index contributed by atoms with van der Waals surface area (Å²) in [7, 11) is 4.52. The molecule has 1 unspecified atom stereocenters. The number of aliphatic hydroxyl groups is 1. The number of unbranched alkanes of at least 4 members (excludes halogenated alkanes) is 16. The van der Waals surface area contributed by atoms with Gasteiger partial charge in [-0.1, -0.05) is 115 Å². The second kappa shape index (κ2) is 39.0. The largest absolute Gasteiger partial charge is 0.394 e. The first kappa shape index (κ1) is 47.2. The maximum atomic E-state index is 8.74. The molecular formula is C41H82NO6+. The fourth-order valence-corrected chi connectivity index (χ4v) is 5.70. The molecule has 0 aromatic heterocycles. The molecule has 0 radical (unpaired) electrons. The van der Waals surface area contributed by atoms with Crippen LogP contribution in [-0.4, -0.2) is 109 Å². The number of allylic oxidation sites excluding steroid dienone is 4. The number of hydrogen-bond acceptors (Lipinski definition) is 6. The van der Waals surface area contributed by atoms with E-state index in [2.05, 4.69) is 52.2 Å². The minimum absolute atomic E-state index is 0.0469. The molecule has 0 heterocycles. The second-order valence-electron chi connectivity index (χ2n) is 14.0. The molecule has 1 N–H and O–H groups in total. The molecule has 7 nitrogen and oxygen atoms in total. The number of hydrogen-bond donors (Lipinski definition) is 1. The lowest BCUT2D eigenvalue weighted by atomic mass is 10.1. The fourth-order valence-electron chi connectivity index (χ4n) is 5.70. The third-order valence-corrected chi connectivity index (χ3v) is 8.66. The number of nitrogens with zero attached hydrogens (tertiary/aromatic N) is 1. The standard InChI is InChI=1S/C41H82NO6/c1-5-7-9-11-13-15-17-19-21-23-25-27-31-47-40-41(48-32-28-26-24-22-20-18-16-14-12-10-8-6-2)39-42(3,4)29-33-44-35-37-46-38-36-45-34-30-43/h7-10,41,43H,5-6,11-40H2,1-4H3/q+1/b9-7-,10-8-. The highest BCUT2D eigenvalue weighted by Gasteiger charge is 2.23. The summed E-state index contributed by atoms with van der Waals surface area (Å²) in [4.78, 5) is 0. The Morgan fingerprint density at radius 1 is 0.479 bits per heavy atom. The van der Waals surface area contributed by atoms with E-state index in [1.165, 1.54) is 103 Å². The molecule has 0 aliphatic heterocycles. The molecule has 286 valence electrons. The van der Waals surface area contributed by atoms with Crippen molar-refractivity contribution in [3.63, 3.8) is 0 Å². The highest BCUT2D eigenvalue weighted by Crippen LogP contribution is 2.13. The highest BCUT2D eigenvalue weighted by molar-refractivity contribution is 4.80. The highest BCUT2D eigenvalue weighted by atomic mass is 16.5. The van der Waals surface area contributed by atoms with E-state index in [0.717, 1.165) is 56.5 Å². The molecule has 0 aromatic carbocycles. The first-order valence-corrected chi connectivity index (χ1v) is 20.2. The molecule has 0 amide bonds. The molecule has 0 saturated carbocycles. The normalized spacial score (nSPS) is 13.0. The van der Waals surface area contributed by atoms with Crippen LogP contribution in [0.15, 0.2) is 24.3 Å². The van der Waals surface area contributed by atoms with Crippen LogP contribution in [0.1, 0.15) is 142 Å². The molecule has 48 heavy (non-hydrogen) atoms. The predicted molar refractivity (Wildman–Crippen MR) is 204 cm³/mol. The third-order valence-electron chi connectivity index (χ3n) is 8.66. The molecule has 0 spiro atoms.